The lowest BCUT2D eigenvalue weighted by Gasteiger charge is -2.26. The van der Waals surface area contributed by atoms with Gasteiger partial charge in [0.1, 0.15) is 5.75 Å². The van der Waals surface area contributed by atoms with Gasteiger partial charge in [-0.1, -0.05) is 39.3 Å². The summed E-state index contributed by atoms with van der Waals surface area (Å²) in [6.45, 7) is 11.4. The van der Waals surface area contributed by atoms with Gasteiger partial charge in [-0.25, -0.2) is 0 Å². The number of hydrogen-bond acceptors (Lipinski definition) is 4. The number of rotatable bonds is 11. The van der Waals surface area contributed by atoms with Gasteiger partial charge in [-0.05, 0) is 67.6 Å². The van der Waals surface area contributed by atoms with E-state index in [0.717, 1.165) is 30.9 Å². The molecule has 0 bridgehead atoms. The van der Waals surface area contributed by atoms with Crippen molar-refractivity contribution in [3.05, 3.63) is 29.8 Å². The highest BCUT2D eigenvalue weighted by Gasteiger charge is 2.11. The predicted octanol–water partition coefficient (Wildman–Crippen LogP) is 4.73. The van der Waals surface area contributed by atoms with Gasteiger partial charge in [0, 0.05) is 13.1 Å². The number of hydrogen-bond donors (Lipinski definition) is 1. The third-order valence-electron chi connectivity index (χ3n) is 4.89. The van der Waals surface area contributed by atoms with Crippen LogP contribution in [0.2, 0.25) is 0 Å². The minimum Gasteiger partial charge on any atom is -0.494 e. The number of piperidine rings is 1. The van der Waals surface area contributed by atoms with Crippen molar-refractivity contribution in [2.45, 2.75) is 59.4 Å². The molecule has 1 N–H and O–H groups in total. The highest BCUT2D eigenvalue weighted by Crippen LogP contribution is 2.21. The van der Waals surface area contributed by atoms with Crippen molar-refractivity contribution < 1.29 is 9.53 Å². The number of carbonyl (C=O) groups is 1. The van der Waals surface area contributed by atoms with Crippen LogP contribution in [0.4, 0.5) is 0 Å². The smallest absolute Gasteiger partial charge is 0.229 e. The maximum atomic E-state index is 11.9. The molecule has 1 heterocycles. The summed E-state index contributed by atoms with van der Waals surface area (Å²) < 4.78 is 5.88. The van der Waals surface area contributed by atoms with Gasteiger partial charge in [-0.15, -0.1) is 0 Å². The Labute approximate surface area is 175 Å². The second-order valence-electron chi connectivity index (χ2n) is 8.90. The summed E-state index contributed by atoms with van der Waals surface area (Å²) in [7, 11) is 0. The van der Waals surface area contributed by atoms with Crippen LogP contribution in [0.5, 0.6) is 5.75 Å². The molecule has 1 saturated heterocycles. The molecule has 0 unspecified atom stereocenters. The van der Waals surface area contributed by atoms with Crippen molar-refractivity contribution in [1.82, 2.24) is 10.2 Å². The largest absolute Gasteiger partial charge is 0.494 e. The van der Waals surface area contributed by atoms with Crippen LogP contribution in [-0.4, -0.2) is 48.6 Å². The maximum absolute atomic E-state index is 11.9. The lowest BCUT2D eigenvalue weighted by Crippen LogP contribution is -2.29. The molecule has 5 heteroatoms. The number of thioether (sulfide) groups is 1. The lowest BCUT2D eigenvalue weighted by molar-refractivity contribution is -0.118. The van der Waals surface area contributed by atoms with E-state index in [9.17, 15) is 4.79 Å². The van der Waals surface area contributed by atoms with E-state index in [0.29, 0.717) is 24.3 Å². The molecule has 1 aliphatic rings. The average Bonchev–Trinajstić information content (AvgIpc) is 2.65. The van der Waals surface area contributed by atoms with Gasteiger partial charge in [0.2, 0.25) is 5.91 Å². The molecule has 28 heavy (non-hydrogen) atoms. The van der Waals surface area contributed by atoms with Crippen LogP contribution in [0.15, 0.2) is 24.3 Å². The van der Waals surface area contributed by atoms with E-state index in [4.69, 9.17) is 4.74 Å². The van der Waals surface area contributed by atoms with Crippen LogP contribution in [0.3, 0.4) is 0 Å². The maximum Gasteiger partial charge on any atom is 0.229 e. The Hall–Kier alpha value is -1.20. The third kappa shape index (κ3) is 10.4. The standard InChI is InChI=1S/C23H38N2O2S/c1-23(2,3)11-16-28-19-22(26)24-12-8-15-27-21-10-7-9-20(17-21)18-25-13-5-4-6-14-25/h7,9-10,17H,4-6,8,11-16,18-19H2,1-3H3,(H,24,26). The molecule has 158 valence electrons. The molecule has 0 aliphatic carbocycles. The van der Waals surface area contributed by atoms with E-state index >= 15 is 0 Å². The summed E-state index contributed by atoms with van der Waals surface area (Å²) >= 11 is 1.72. The van der Waals surface area contributed by atoms with Gasteiger partial charge in [-0.3, -0.25) is 9.69 Å². The minimum atomic E-state index is 0.127. The first-order valence-corrected chi connectivity index (χ1v) is 11.9. The van der Waals surface area contributed by atoms with Crippen LogP contribution in [-0.2, 0) is 11.3 Å². The third-order valence-corrected chi connectivity index (χ3v) is 5.85. The van der Waals surface area contributed by atoms with E-state index in [2.05, 4.69) is 49.2 Å². The zero-order valence-corrected chi connectivity index (χ0v) is 18.8. The molecule has 1 aromatic carbocycles. The zero-order chi connectivity index (χ0) is 20.2. The highest BCUT2D eigenvalue weighted by molar-refractivity contribution is 7.99. The number of likely N-dealkylation sites (tertiary alicyclic amines) is 1. The first-order chi connectivity index (χ1) is 13.4. The van der Waals surface area contributed by atoms with Gasteiger partial charge in [0.05, 0.1) is 12.4 Å². The van der Waals surface area contributed by atoms with Crippen molar-refractivity contribution in [2.75, 3.05) is 37.7 Å². The van der Waals surface area contributed by atoms with Crippen LogP contribution in [0.1, 0.15) is 58.4 Å². The number of carbonyl (C=O) groups excluding carboxylic acids is 1. The second-order valence-corrected chi connectivity index (χ2v) is 10.0. The fourth-order valence-corrected chi connectivity index (χ4v) is 4.38. The average molecular weight is 407 g/mol. The van der Waals surface area contributed by atoms with Crippen molar-refractivity contribution in [2.24, 2.45) is 5.41 Å². The Kier molecular flexibility index (Phi) is 10.2. The quantitative estimate of drug-likeness (QED) is 0.540. The Balaban J connectivity index is 1.55. The molecule has 0 radical (unpaired) electrons. The van der Waals surface area contributed by atoms with Gasteiger partial charge in [0.25, 0.3) is 0 Å². The lowest BCUT2D eigenvalue weighted by atomic mass is 9.94. The number of nitrogens with zero attached hydrogens (tertiary/aromatic N) is 1. The molecule has 0 aromatic heterocycles. The molecule has 2 rings (SSSR count). The molecule has 4 nitrogen and oxygen atoms in total. The van der Waals surface area contributed by atoms with Gasteiger partial charge >= 0.3 is 0 Å². The topological polar surface area (TPSA) is 41.6 Å². The fraction of sp³-hybridized carbons (Fsp3) is 0.696. The first-order valence-electron chi connectivity index (χ1n) is 10.7. The molecule has 0 spiro atoms. The van der Waals surface area contributed by atoms with Crippen molar-refractivity contribution in [3.63, 3.8) is 0 Å². The van der Waals surface area contributed by atoms with E-state index in [1.807, 2.05) is 6.07 Å². The summed E-state index contributed by atoms with van der Waals surface area (Å²) in [5.74, 6) is 2.64. The van der Waals surface area contributed by atoms with Crippen LogP contribution in [0.25, 0.3) is 0 Å². The number of nitrogens with one attached hydrogen (secondary N) is 1. The van der Waals surface area contributed by atoms with Crippen molar-refractivity contribution in [1.29, 1.82) is 0 Å². The van der Waals surface area contributed by atoms with Gasteiger partial charge in [0.15, 0.2) is 0 Å². The van der Waals surface area contributed by atoms with Crippen LogP contribution in [0, 0.1) is 5.41 Å². The molecular formula is C23H38N2O2S. The molecule has 1 amide bonds. The van der Waals surface area contributed by atoms with Crippen molar-refractivity contribution in [3.8, 4) is 5.75 Å². The van der Waals surface area contributed by atoms with Gasteiger partial charge < -0.3 is 10.1 Å². The Bertz CT molecular complexity index is 580. The molecule has 1 aliphatic heterocycles. The number of amides is 1. The monoisotopic (exact) mass is 406 g/mol. The molecule has 1 aromatic rings. The van der Waals surface area contributed by atoms with Crippen LogP contribution < -0.4 is 10.1 Å². The van der Waals surface area contributed by atoms with Gasteiger partial charge in [-0.2, -0.15) is 11.8 Å². The fourth-order valence-electron chi connectivity index (χ4n) is 3.19. The second kappa shape index (κ2) is 12.4. The number of ether oxygens (including phenoxy) is 1. The SMILES string of the molecule is CC(C)(C)CCSCC(=O)NCCCOc1cccc(CN2CCCCC2)c1. The van der Waals surface area contributed by atoms with Crippen molar-refractivity contribution >= 4 is 17.7 Å². The normalized spacial score (nSPS) is 15.4. The Morgan fingerprint density at radius 2 is 2.00 bits per heavy atom. The molecule has 0 atom stereocenters. The molecule has 0 saturated carbocycles. The van der Waals surface area contributed by atoms with Crippen LogP contribution >= 0.6 is 11.8 Å². The minimum absolute atomic E-state index is 0.127. The summed E-state index contributed by atoms with van der Waals surface area (Å²) in [6, 6.07) is 8.42. The summed E-state index contributed by atoms with van der Waals surface area (Å²) in [6.07, 6.45) is 5.96. The predicted molar refractivity (Wildman–Crippen MR) is 120 cm³/mol. The summed E-state index contributed by atoms with van der Waals surface area (Å²) in [4.78, 5) is 14.4. The summed E-state index contributed by atoms with van der Waals surface area (Å²) in [5, 5.41) is 2.99. The molecule has 1 fully saturated rings. The zero-order valence-electron chi connectivity index (χ0n) is 18.0. The van der Waals surface area contributed by atoms with E-state index < -0.39 is 0 Å². The summed E-state index contributed by atoms with van der Waals surface area (Å²) in [5.41, 5.74) is 1.66. The molecular weight excluding hydrogens is 368 g/mol. The number of benzene rings is 1. The first kappa shape index (κ1) is 23.1. The Morgan fingerprint density at radius 3 is 2.75 bits per heavy atom. The van der Waals surface area contributed by atoms with E-state index in [-0.39, 0.29) is 5.91 Å². The van der Waals surface area contributed by atoms with E-state index in [1.54, 1.807) is 11.8 Å². The highest BCUT2D eigenvalue weighted by atomic mass is 32.2. The van der Waals surface area contributed by atoms with E-state index in [1.165, 1.54) is 37.9 Å². The Morgan fingerprint density at radius 1 is 1.21 bits per heavy atom.